The molecule has 52 heavy (non-hydrogen) atoms. The molecule has 4 aromatic heterocycles. The molecule has 8 rings (SSSR count). The molecule has 3 N–H and O–H groups in total. The lowest BCUT2D eigenvalue weighted by Crippen LogP contribution is -2.39. The van der Waals surface area contributed by atoms with Crippen molar-refractivity contribution in [2.75, 3.05) is 18.4 Å². The fraction of sp³-hybridized carbons (Fsp3) is 0.143. The Morgan fingerprint density at radius 1 is 0.750 bits per heavy atom. The Hall–Kier alpha value is -6.39. The highest BCUT2D eigenvalue weighted by Gasteiger charge is 2.41. The molecule has 0 aliphatic rings. The molecule has 258 valence electrons. The minimum Gasteiger partial charge on any atom is -0.440 e. The van der Waals surface area contributed by atoms with Gasteiger partial charge < -0.3 is 24.6 Å². The molecule has 10 heteroatoms. The first-order chi connectivity index (χ1) is 25.6. The van der Waals surface area contributed by atoms with Gasteiger partial charge in [-0.3, -0.25) is 9.78 Å². The summed E-state index contributed by atoms with van der Waals surface area (Å²) in [5.41, 5.74) is 5.40. The second-order valence-electron chi connectivity index (χ2n) is 12.5. The lowest BCUT2D eigenvalue weighted by molar-refractivity contribution is 0.494. The van der Waals surface area contributed by atoms with Crippen LogP contribution in [0.4, 0.5) is 10.2 Å². The SMILES string of the molecule is O=c1cc2oc(CCNCCc3nc4ccccc4n3C(c3ccccc3)(c3ccccc3)c3ccccc3)nc2c(NCc2ncccc2F)[nH]1. The highest BCUT2D eigenvalue weighted by molar-refractivity contribution is 5.84. The summed E-state index contributed by atoms with van der Waals surface area (Å²) in [4.78, 5) is 29.1. The Kier molecular flexibility index (Phi) is 9.12. The number of nitrogens with zero attached hydrogens (tertiary/aromatic N) is 4. The number of aromatic nitrogens is 5. The standard InChI is InChI=1S/C42H36FN7O2/c43-32-19-12-24-45-34(32)28-46-41-40-36(27-38(51)48-41)52-39(49-40)23-26-44-25-22-37-47-33-20-10-11-21-35(33)50(37)42(29-13-4-1-5-14-29,30-15-6-2-7-16-30)31-17-8-3-9-18-31/h1-21,24,27,44H,22-23,25-26,28H2,(H2,46,48,51). The summed E-state index contributed by atoms with van der Waals surface area (Å²) in [5.74, 6) is 1.36. The summed E-state index contributed by atoms with van der Waals surface area (Å²) in [7, 11) is 0. The Bertz CT molecular complexity index is 2400. The molecule has 8 aromatic rings. The number of rotatable bonds is 13. The van der Waals surface area contributed by atoms with E-state index in [0.717, 1.165) is 33.5 Å². The van der Waals surface area contributed by atoms with E-state index in [-0.39, 0.29) is 17.8 Å². The maximum Gasteiger partial charge on any atom is 0.253 e. The van der Waals surface area contributed by atoms with Crippen LogP contribution < -0.4 is 16.2 Å². The fourth-order valence-corrected chi connectivity index (χ4v) is 7.01. The van der Waals surface area contributed by atoms with E-state index in [9.17, 15) is 9.18 Å². The summed E-state index contributed by atoms with van der Waals surface area (Å²) in [5, 5.41) is 6.61. The second-order valence-corrected chi connectivity index (χ2v) is 12.5. The number of H-pyrrole nitrogens is 1. The predicted octanol–water partition coefficient (Wildman–Crippen LogP) is 7.23. The van der Waals surface area contributed by atoms with Gasteiger partial charge in [0.25, 0.3) is 5.56 Å². The zero-order chi connectivity index (χ0) is 35.3. The molecule has 0 saturated carbocycles. The number of imidazole rings is 1. The molecule has 0 amide bonds. The van der Waals surface area contributed by atoms with Gasteiger partial charge in [0.15, 0.2) is 11.5 Å². The predicted molar refractivity (Wildman–Crippen MR) is 201 cm³/mol. The summed E-state index contributed by atoms with van der Waals surface area (Å²) in [6, 6.07) is 44.5. The third kappa shape index (κ3) is 6.24. The molecule has 0 radical (unpaired) electrons. The van der Waals surface area contributed by atoms with Crippen LogP contribution in [-0.2, 0) is 24.9 Å². The van der Waals surface area contributed by atoms with Gasteiger partial charge in [0.1, 0.15) is 28.5 Å². The van der Waals surface area contributed by atoms with Crippen molar-refractivity contribution in [1.82, 2.24) is 29.8 Å². The zero-order valence-electron chi connectivity index (χ0n) is 28.3. The first-order valence-electron chi connectivity index (χ1n) is 17.3. The van der Waals surface area contributed by atoms with Crippen molar-refractivity contribution in [2.45, 2.75) is 24.9 Å². The van der Waals surface area contributed by atoms with Gasteiger partial charge in [-0.05, 0) is 41.0 Å². The first-order valence-corrected chi connectivity index (χ1v) is 17.3. The summed E-state index contributed by atoms with van der Waals surface area (Å²) in [6.45, 7) is 1.32. The quantitative estimate of drug-likeness (QED) is 0.0865. The average molecular weight is 690 g/mol. The molecule has 4 heterocycles. The largest absolute Gasteiger partial charge is 0.440 e. The maximum atomic E-state index is 14.1. The molecule has 0 bridgehead atoms. The van der Waals surface area contributed by atoms with Crippen molar-refractivity contribution in [3.8, 4) is 0 Å². The van der Waals surface area contributed by atoms with Crippen molar-refractivity contribution in [1.29, 1.82) is 0 Å². The van der Waals surface area contributed by atoms with Crippen LogP contribution >= 0.6 is 0 Å². The van der Waals surface area contributed by atoms with E-state index in [2.05, 4.69) is 139 Å². The van der Waals surface area contributed by atoms with Crippen molar-refractivity contribution in [3.63, 3.8) is 0 Å². The van der Waals surface area contributed by atoms with Gasteiger partial charge in [-0.15, -0.1) is 0 Å². The van der Waals surface area contributed by atoms with Gasteiger partial charge in [-0.1, -0.05) is 103 Å². The van der Waals surface area contributed by atoms with E-state index in [1.807, 2.05) is 6.07 Å². The number of oxazole rings is 1. The third-order valence-electron chi connectivity index (χ3n) is 9.29. The lowest BCUT2D eigenvalue weighted by atomic mass is 9.76. The monoisotopic (exact) mass is 689 g/mol. The fourth-order valence-electron chi connectivity index (χ4n) is 7.01. The smallest absolute Gasteiger partial charge is 0.253 e. The van der Waals surface area contributed by atoms with Crippen LogP contribution in [0.15, 0.2) is 149 Å². The van der Waals surface area contributed by atoms with Gasteiger partial charge in [0, 0.05) is 38.2 Å². The molecule has 0 spiro atoms. The van der Waals surface area contributed by atoms with E-state index in [0.29, 0.717) is 48.7 Å². The number of anilines is 1. The Morgan fingerprint density at radius 2 is 1.38 bits per heavy atom. The van der Waals surface area contributed by atoms with Crippen LogP contribution in [0, 0.1) is 5.82 Å². The van der Waals surface area contributed by atoms with Crippen LogP contribution in [0.1, 0.15) is 34.1 Å². The van der Waals surface area contributed by atoms with Crippen LogP contribution in [0.3, 0.4) is 0 Å². The molecule has 0 unspecified atom stereocenters. The highest BCUT2D eigenvalue weighted by Crippen LogP contribution is 2.43. The molecular weight excluding hydrogens is 654 g/mol. The number of aromatic amines is 1. The number of halogens is 1. The van der Waals surface area contributed by atoms with Crippen LogP contribution in [0.2, 0.25) is 0 Å². The molecule has 9 nitrogen and oxygen atoms in total. The van der Waals surface area contributed by atoms with Gasteiger partial charge in [-0.25, -0.2) is 14.4 Å². The number of benzene rings is 4. The first kappa shape index (κ1) is 32.8. The van der Waals surface area contributed by atoms with E-state index in [1.54, 1.807) is 0 Å². The summed E-state index contributed by atoms with van der Waals surface area (Å²) >= 11 is 0. The lowest BCUT2D eigenvalue weighted by Gasteiger charge is -2.39. The summed E-state index contributed by atoms with van der Waals surface area (Å²) < 4.78 is 22.5. The van der Waals surface area contributed by atoms with Gasteiger partial charge in [0.05, 0.1) is 23.3 Å². The van der Waals surface area contributed by atoms with Crippen LogP contribution in [-0.4, -0.2) is 37.6 Å². The van der Waals surface area contributed by atoms with E-state index < -0.39 is 11.4 Å². The second kappa shape index (κ2) is 14.5. The van der Waals surface area contributed by atoms with E-state index >= 15 is 0 Å². The number of nitrogens with one attached hydrogen (secondary N) is 3. The van der Waals surface area contributed by atoms with Crippen molar-refractivity contribution in [3.05, 3.63) is 190 Å². The van der Waals surface area contributed by atoms with E-state index in [1.165, 1.54) is 24.4 Å². The van der Waals surface area contributed by atoms with Crippen LogP contribution in [0.25, 0.3) is 22.1 Å². The topological polar surface area (TPSA) is 114 Å². The van der Waals surface area contributed by atoms with Gasteiger partial charge >= 0.3 is 0 Å². The number of para-hydroxylation sites is 2. The zero-order valence-corrected chi connectivity index (χ0v) is 28.3. The number of hydrogen-bond acceptors (Lipinski definition) is 7. The number of pyridine rings is 2. The minimum atomic E-state index is -0.696. The molecule has 0 saturated heterocycles. The normalized spacial score (nSPS) is 11.7. The Morgan fingerprint density at radius 3 is 2.06 bits per heavy atom. The van der Waals surface area contributed by atoms with Gasteiger partial charge in [-0.2, -0.15) is 0 Å². The van der Waals surface area contributed by atoms with E-state index in [4.69, 9.17) is 9.40 Å². The minimum absolute atomic E-state index is 0.0797. The summed E-state index contributed by atoms with van der Waals surface area (Å²) in [6.07, 6.45) is 2.67. The molecule has 0 aliphatic carbocycles. The maximum absolute atomic E-state index is 14.1. The number of hydrogen-bond donors (Lipinski definition) is 3. The number of fused-ring (bicyclic) bond motifs is 2. The molecule has 0 atom stereocenters. The third-order valence-corrected chi connectivity index (χ3v) is 9.29. The van der Waals surface area contributed by atoms with Crippen molar-refractivity contribution < 1.29 is 8.81 Å². The van der Waals surface area contributed by atoms with Gasteiger partial charge in [0.2, 0.25) is 0 Å². The van der Waals surface area contributed by atoms with Crippen molar-refractivity contribution >= 4 is 28.0 Å². The Labute approximate surface area is 299 Å². The Balaban J connectivity index is 1.07. The highest BCUT2D eigenvalue weighted by atomic mass is 19.1. The molecule has 4 aromatic carbocycles. The molecule has 0 aliphatic heterocycles. The average Bonchev–Trinajstić information content (AvgIpc) is 3.77. The van der Waals surface area contributed by atoms with Crippen molar-refractivity contribution in [2.24, 2.45) is 0 Å². The molecular formula is C42H36FN7O2. The molecule has 0 fully saturated rings. The van der Waals surface area contributed by atoms with Crippen LogP contribution in [0.5, 0.6) is 0 Å².